The van der Waals surface area contributed by atoms with Crippen molar-refractivity contribution in [1.29, 1.82) is 0 Å². The summed E-state index contributed by atoms with van der Waals surface area (Å²) in [5.41, 5.74) is 6.82. The average Bonchev–Trinajstić information content (AvgIpc) is 2.19. The van der Waals surface area contributed by atoms with Gasteiger partial charge in [-0.25, -0.2) is 0 Å². The van der Waals surface area contributed by atoms with Gasteiger partial charge < -0.3 is 10.5 Å². The molecule has 0 aliphatic rings. The summed E-state index contributed by atoms with van der Waals surface area (Å²) in [6.07, 6.45) is 2.36. The molecule has 14 heavy (non-hydrogen) atoms. The van der Waals surface area contributed by atoms with Crippen LogP contribution in [-0.4, -0.2) is 12.6 Å². The summed E-state index contributed by atoms with van der Waals surface area (Å²) in [5.74, 6) is 0.925. The number of ether oxygens (including phenoxy) is 1. The molecule has 0 saturated heterocycles. The van der Waals surface area contributed by atoms with Gasteiger partial charge in [0, 0.05) is 6.54 Å². The molecule has 0 heterocycles. The fourth-order valence-corrected chi connectivity index (χ4v) is 1.34. The minimum Gasteiger partial charge on any atom is -0.489 e. The Bertz CT molecular complexity index is 273. The first-order valence-electron chi connectivity index (χ1n) is 5.22. The number of nitrogens with two attached hydrogens (primary N) is 1. The summed E-state index contributed by atoms with van der Waals surface area (Å²) in [4.78, 5) is 0. The largest absolute Gasteiger partial charge is 0.489 e. The molecular weight excluding hydrogens is 174 g/mol. The highest BCUT2D eigenvalue weighted by Gasteiger charge is 2.01. The Morgan fingerprint density at radius 2 is 2.21 bits per heavy atom. The van der Waals surface area contributed by atoms with Gasteiger partial charge >= 0.3 is 0 Å². The molecule has 0 spiro atoms. The Labute approximate surface area is 86.1 Å². The Morgan fingerprint density at radius 1 is 1.43 bits per heavy atom. The smallest absolute Gasteiger partial charge is 0.120 e. The van der Waals surface area contributed by atoms with E-state index in [2.05, 4.69) is 19.1 Å². The van der Waals surface area contributed by atoms with E-state index in [1.165, 1.54) is 5.56 Å². The molecule has 0 unspecified atom stereocenters. The van der Waals surface area contributed by atoms with Crippen molar-refractivity contribution in [3.05, 3.63) is 29.8 Å². The number of hydrogen-bond donors (Lipinski definition) is 1. The lowest BCUT2D eigenvalue weighted by molar-refractivity contribution is 0.229. The molecule has 0 aliphatic heterocycles. The quantitative estimate of drug-likeness (QED) is 0.779. The minimum atomic E-state index is 0.0897. The van der Waals surface area contributed by atoms with E-state index in [9.17, 15) is 0 Å². The van der Waals surface area contributed by atoms with Crippen molar-refractivity contribution in [2.45, 2.75) is 32.8 Å². The molecule has 1 aromatic rings. The van der Waals surface area contributed by atoms with E-state index >= 15 is 0 Å². The van der Waals surface area contributed by atoms with Gasteiger partial charge in [-0.1, -0.05) is 25.5 Å². The van der Waals surface area contributed by atoms with Gasteiger partial charge in [-0.2, -0.15) is 0 Å². The molecule has 0 aromatic heterocycles. The van der Waals surface area contributed by atoms with Crippen LogP contribution in [0, 0.1) is 0 Å². The third kappa shape index (κ3) is 3.38. The summed E-state index contributed by atoms with van der Waals surface area (Å²) in [5, 5.41) is 0. The maximum Gasteiger partial charge on any atom is 0.120 e. The fraction of sp³-hybridized carbons (Fsp3) is 0.500. The monoisotopic (exact) mass is 193 g/mol. The van der Waals surface area contributed by atoms with Gasteiger partial charge in [0.25, 0.3) is 0 Å². The highest BCUT2D eigenvalue weighted by molar-refractivity contribution is 5.28. The van der Waals surface area contributed by atoms with Gasteiger partial charge in [0.2, 0.25) is 0 Å². The van der Waals surface area contributed by atoms with Gasteiger partial charge in [-0.15, -0.1) is 0 Å². The zero-order valence-electron chi connectivity index (χ0n) is 8.99. The lowest BCUT2D eigenvalue weighted by atomic mass is 10.1. The zero-order valence-corrected chi connectivity index (χ0v) is 8.99. The van der Waals surface area contributed by atoms with Crippen LogP contribution in [0.25, 0.3) is 0 Å². The lowest BCUT2D eigenvalue weighted by Gasteiger charge is -2.13. The summed E-state index contributed by atoms with van der Waals surface area (Å²) in [7, 11) is 0. The molecule has 78 valence electrons. The van der Waals surface area contributed by atoms with Gasteiger partial charge in [0.1, 0.15) is 11.9 Å². The first-order valence-corrected chi connectivity index (χ1v) is 5.22. The van der Waals surface area contributed by atoms with E-state index < -0.39 is 0 Å². The highest BCUT2D eigenvalue weighted by atomic mass is 16.5. The Morgan fingerprint density at radius 3 is 2.86 bits per heavy atom. The van der Waals surface area contributed by atoms with Gasteiger partial charge in [0.15, 0.2) is 0 Å². The van der Waals surface area contributed by atoms with E-state index in [1.54, 1.807) is 0 Å². The summed E-state index contributed by atoms with van der Waals surface area (Å²) in [6.45, 7) is 4.71. The maximum atomic E-state index is 5.63. The highest BCUT2D eigenvalue weighted by Crippen LogP contribution is 2.15. The third-order valence-electron chi connectivity index (χ3n) is 2.11. The van der Waals surface area contributed by atoms with E-state index in [1.807, 2.05) is 19.1 Å². The number of benzene rings is 1. The number of aryl methyl sites for hydroxylation is 1. The lowest BCUT2D eigenvalue weighted by Crippen LogP contribution is -2.22. The van der Waals surface area contributed by atoms with Crippen molar-refractivity contribution in [3.8, 4) is 5.75 Å². The Balaban J connectivity index is 2.63. The van der Waals surface area contributed by atoms with E-state index in [-0.39, 0.29) is 6.10 Å². The standard InChI is InChI=1S/C12H19NO/c1-3-5-11-6-4-7-12(8-11)14-10(2)9-13/h4,6-8,10H,3,5,9,13H2,1-2H3/t10-/m1/s1. The van der Waals surface area contributed by atoms with E-state index in [4.69, 9.17) is 10.5 Å². The molecule has 1 rings (SSSR count). The van der Waals surface area contributed by atoms with Crippen molar-refractivity contribution in [2.24, 2.45) is 5.73 Å². The molecule has 0 bridgehead atoms. The van der Waals surface area contributed by atoms with Crippen LogP contribution in [-0.2, 0) is 6.42 Å². The molecule has 0 radical (unpaired) electrons. The van der Waals surface area contributed by atoms with Crippen LogP contribution in [0.3, 0.4) is 0 Å². The zero-order chi connectivity index (χ0) is 10.4. The average molecular weight is 193 g/mol. The summed E-state index contributed by atoms with van der Waals surface area (Å²) in [6, 6.07) is 8.23. The van der Waals surface area contributed by atoms with Crippen molar-refractivity contribution in [2.75, 3.05) is 6.54 Å². The molecule has 2 N–H and O–H groups in total. The third-order valence-corrected chi connectivity index (χ3v) is 2.11. The van der Waals surface area contributed by atoms with Gasteiger partial charge in [-0.3, -0.25) is 0 Å². The molecule has 0 amide bonds. The van der Waals surface area contributed by atoms with E-state index in [0.29, 0.717) is 6.54 Å². The van der Waals surface area contributed by atoms with Crippen LogP contribution in [0.4, 0.5) is 0 Å². The fourth-order valence-electron chi connectivity index (χ4n) is 1.34. The summed E-state index contributed by atoms with van der Waals surface area (Å²) >= 11 is 0. The normalized spacial score (nSPS) is 12.5. The molecule has 1 aromatic carbocycles. The predicted octanol–water partition coefficient (Wildman–Crippen LogP) is 2.37. The second kappa shape index (κ2) is 5.66. The molecule has 0 aliphatic carbocycles. The van der Waals surface area contributed by atoms with Crippen LogP contribution in [0.1, 0.15) is 25.8 Å². The van der Waals surface area contributed by atoms with Crippen LogP contribution in [0.2, 0.25) is 0 Å². The van der Waals surface area contributed by atoms with E-state index in [0.717, 1.165) is 18.6 Å². The van der Waals surface area contributed by atoms with Gasteiger partial charge in [-0.05, 0) is 31.0 Å². The van der Waals surface area contributed by atoms with Crippen LogP contribution in [0.15, 0.2) is 24.3 Å². The van der Waals surface area contributed by atoms with Crippen LogP contribution < -0.4 is 10.5 Å². The predicted molar refractivity (Wildman–Crippen MR) is 59.6 cm³/mol. The topological polar surface area (TPSA) is 35.2 Å². The Kier molecular flexibility index (Phi) is 4.47. The first-order chi connectivity index (χ1) is 6.76. The van der Waals surface area contributed by atoms with Gasteiger partial charge in [0.05, 0.1) is 0 Å². The molecule has 0 fully saturated rings. The Hall–Kier alpha value is -1.02. The molecule has 0 saturated carbocycles. The van der Waals surface area contributed by atoms with Crippen molar-refractivity contribution in [1.82, 2.24) is 0 Å². The molecular formula is C12H19NO. The maximum absolute atomic E-state index is 5.63. The second-order valence-electron chi connectivity index (χ2n) is 3.56. The van der Waals surface area contributed by atoms with Crippen molar-refractivity contribution < 1.29 is 4.74 Å². The molecule has 1 atom stereocenters. The minimum absolute atomic E-state index is 0.0897. The SMILES string of the molecule is CCCc1cccc(O[C@H](C)CN)c1. The molecule has 2 nitrogen and oxygen atoms in total. The second-order valence-corrected chi connectivity index (χ2v) is 3.56. The first kappa shape index (κ1) is 11.1. The number of rotatable bonds is 5. The van der Waals surface area contributed by atoms with Crippen LogP contribution >= 0.6 is 0 Å². The van der Waals surface area contributed by atoms with Crippen molar-refractivity contribution in [3.63, 3.8) is 0 Å². The molecule has 2 heteroatoms. The van der Waals surface area contributed by atoms with Crippen molar-refractivity contribution >= 4 is 0 Å². The van der Waals surface area contributed by atoms with Crippen LogP contribution in [0.5, 0.6) is 5.75 Å². The summed E-state index contributed by atoms with van der Waals surface area (Å²) < 4.78 is 5.63. The number of hydrogen-bond acceptors (Lipinski definition) is 2.